The summed E-state index contributed by atoms with van der Waals surface area (Å²) in [5, 5.41) is 0. The molecule has 0 atom stereocenters. The van der Waals surface area contributed by atoms with Gasteiger partial charge in [0.1, 0.15) is 0 Å². The van der Waals surface area contributed by atoms with Crippen molar-refractivity contribution in [2.45, 2.75) is 12.8 Å². The molecule has 0 radical (unpaired) electrons. The summed E-state index contributed by atoms with van der Waals surface area (Å²) in [6.07, 6.45) is 7.59. The lowest BCUT2D eigenvalue weighted by Gasteiger charge is -2.40. The summed E-state index contributed by atoms with van der Waals surface area (Å²) in [5.41, 5.74) is 1.44. The fraction of sp³-hybridized carbons (Fsp3) is 0.800. The highest BCUT2D eigenvalue weighted by Crippen LogP contribution is 2.63. The van der Waals surface area contributed by atoms with Gasteiger partial charge in [-0.25, -0.2) is 0 Å². The van der Waals surface area contributed by atoms with E-state index in [1.54, 1.807) is 0 Å². The average Bonchev–Trinajstić information content (AvgIpc) is 2.57. The van der Waals surface area contributed by atoms with Gasteiger partial charge < -0.3 is 0 Å². The molecule has 0 aromatic heterocycles. The van der Waals surface area contributed by atoms with Gasteiger partial charge in [0.2, 0.25) is 0 Å². The summed E-state index contributed by atoms with van der Waals surface area (Å²) in [4.78, 5) is 0. The molecule has 1 aliphatic carbocycles. The van der Waals surface area contributed by atoms with E-state index in [-0.39, 0.29) is 0 Å². The summed E-state index contributed by atoms with van der Waals surface area (Å²) in [5.74, 6) is 5.74. The van der Waals surface area contributed by atoms with Crippen molar-refractivity contribution in [3.63, 3.8) is 0 Å². The normalized spacial score (nSPS) is 50.7. The minimum Gasteiger partial charge on any atom is -0.161 e. The van der Waals surface area contributed by atoms with Gasteiger partial charge in [0.25, 0.3) is 0 Å². The molecule has 2 fully saturated rings. The maximum absolute atomic E-state index is 2.43. The third-order valence-corrected chi connectivity index (χ3v) is 6.85. The molecule has 2 heteroatoms. The molecule has 2 aliphatic heterocycles. The molecule has 66 valence electrons. The fourth-order valence-corrected chi connectivity index (χ4v) is 7.00. The summed E-state index contributed by atoms with van der Waals surface area (Å²) in [7, 11) is 0. The Labute approximate surface area is 82.6 Å². The Balaban J connectivity index is 2.06. The Morgan fingerprint density at radius 1 is 0.750 bits per heavy atom. The molecule has 0 spiro atoms. The van der Waals surface area contributed by atoms with Crippen molar-refractivity contribution in [1.82, 2.24) is 0 Å². The van der Waals surface area contributed by atoms with E-state index in [4.69, 9.17) is 0 Å². The van der Waals surface area contributed by atoms with Gasteiger partial charge in [-0.3, -0.25) is 0 Å². The molecule has 12 heavy (non-hydrogen) atoms. The smallest absolute Gasteiger partial charge is 0.000635 e. The summed E-state index contributed by atoms with van der Waals surface area (Å²) in [6.45, 7) is 0. The van der Waals surface area contributed by atoms with Gasteiger partial charge in [-0.1, -0.05) is 12.2 Å². The standard InChI is InChI=1S/C10H14S2/c1-2-4-10-7-11-5-9(10,3-1)6-12-8-10/h1-2H,3-8H2. The van der Waals surface area contributed by atoms with Crippen LogP contribution in [0.2, 0.25) is 0 Å². The average molecular weight is 198 g/mol. The summed E-state index contributed by atoms with van der Waals surface area (Å²) < 4.78 is 0. The zero-order valence-electron chi connectivity index (χ0n) is 7.21. The molecule has 2 saturated heterocycles. The second-order valence-electron chi connectivity index (χ2n) is 4.43. The fourth-order valence-electron chi connectivity index (χ4n) is 2.87. The molecular weight excluding hydrogens is 184 g/mol. The van der Waals surface area contributed by atoms with Crippen LogP contribution in [0.15, 0.2) is 12.2 Å². The van der Waals surface area contributed by atoms with Crippen LogP contribution >= 0.6 is 23.5 Å². The van der Waals surface area contributed by atoms with Gasteiger partial charge >= 0.3 is 0 Å². The van der Waals surface area contributed by atoms with Crippen molar-refractivity contribution in [1.29, 1.82) is 0 Å². The molecule has 0 aromatic carbocycles. The molecule has 0 amide bonds. The van der Waals surface area contributed by atoms with Crippen LogP contribution in [-0.4, -0.2) is 23.0 Å². The van der Waals surface area contributed by atoms with Crippen molar-refractivity contribution in [3.05, 3.63) is 12.2 Å². The molecule has 0 N–H and O–H groups in total. The number of thioether (sulfide) groups is 2. The first kappa shape index (κ1) is 7.81. The molecular formula is C10H14S2. The molecule has 0 aromatic rings. The predicted molar refractivity (Wildman–Crippen MR) is 57.9 cm³/mol. The molecule has 0 bridgehead atoms. The van der Waals surface area contributed by atoms with Gasteiger partial charge in [-0.15, -0.1) is 0 Å². The molecule has 2 heterocycles. The predicted octanol–water partition coefficient (Wildman–Crippen LogP) is 2.80. The Bertz CT molecular complexity index is 200. The van der Waals surface area contributed by atoms with Crippen LogP contribution in [0.4, 0.5) is 0 Å². The van der Waals surface area contributed by atoms with Gasteiger partial charge in [0.05, 0.1) is 0 Å². The van der Waals surface area contributed by atoms with E-state index in [9.17, 15) is 0 Å². The number of allylic oxidation sites excluding steroid dienone is 2. The molecule has 3 rings (SSSR count). The van der Waals surface area contributed by atoms with Crippen LogP contribution in [0.3, 0.4) is 0 Å². The quantitative estimate of drug-likeness (QED) is 0.549. The minimum absolute atomic E-state index is 0.719. The largest absolute Gasteiger partial charge is 0.161 e. The van der Waals surface area contributed by atoms with Crippen LogP contribution in [0, 0.1) is 10.8 Å². The lowest BCUT2D eigenvalue weighted by molar-refractivity contribution is 0.157. The van der Waals surface area contributed by atoms with Gasteiger partial charge in [-0.2, -0.15) is 23.5 Å². The van der Waals surface area contributed by atoms with E-state index in [2.05, 4.69) is 35.7 Å². The lowest BCUT2D eigenvalue weighted by Crippen LogP contribution is -2.40. The van der Waals surface area contributed by atoms with Gasteiger partial charge in [-0.05, 0) is 23.7 Å². The van der Waals surface area contributed by atoms with Crippen molar-refractivity contribution in [3.8, 4) is 0 Å². The Hall–Kier alpha value is 0.440. The number of hydrogen-bond acceptors (Lipinski definition) is 2. The number of hydrogen-bond donors (Lipinski definition) is 0. The highest BCUT2D eigenvalue weighted by Gasteiger charge is 2.58. The van der Waals surface area contributed by atoms with E-state index in [0.717, 1.165) is 10.8 Å². The van der Waals surface area contributed by atoms with Crippen LogP contribution in [0.25, 0.3) is 0 Å². The zero-order chi connectivity index (χ0) is 8.07. The second-order valence-corrected chi connectivity index (χ2v) is 6.40. The highest BCUT2D eigenvalue weighted by molar-refractivity contribution is 8.01. The lowest BCUT2D eigenvalue weighted by atomic mass is 9.62. The first-order valence-corrected chi connectivity index (χ1v) is 6.99. The monoisotopic (exact) mass is 198 g/mol. The zero-order valence-corrected chi connectivity index (χ0v) is 8.85. The van der Waals surface area contributed by atoms with E-state index >= 15 is 0 Å². The van der Waals surface area contributed by atoms with Crippen molar-refractivity contribution in [2.75, 3.05) is 23.0 Å². The van der Waals surface area contributed by atoms with Gasteiger partial charge in [0.15, 0.2) is 0 Å². The third-order valence-electron chi connectivity index (χ3n) is 3.82. The topological polar surface area (TPSA) is 0 Å². The first-order valence-electron chi connectivity index (χ1n) is 4.68. The third kappa shape index (κ3) is 0.784. The molecule has 0 unspecified atom stereocenters. The van der Waals surface area contributed by atoms with Crippen molar-refractivity contribution < 1.29 is 0 Å². The van der Waals surface area contributed by atoms with Gasteiger partial charge in [0, 0.05) is 23.0 Å². The molecule has 0 nitrogen and oxygen atoms in total. The van der Waals surface area contributed by atoms with E-state index in [1.807, 2.05) is 0 Å². The SMILES string of the molecule is C1=CCC23CSCC2(C1)CSC3. The second kappa shape index (κ2) is 2.48. The Kier molecular flexibility index (Phi) is 1.61. The minimum atomic E-state index is 0.719. The summed E-state index contributed by atoms with van der Waals surface area (Å²) >= 11 is 4.40. The van der Waals surface area contributed by atoms with Crippen LogP contribution in [0.1, 0.15) is 12.8 Å². The molecule has 3 aliphatic rings. The molecule has 0 saturated carbocycles. The maximum Gasteiger partial charge on any atom is 0.000635 e. The van der Waals surface area contributed by atoms with Crippen LogP contribution in [-0.2, 0) is 0 Å². The number of rotatable bonds is 0. The summed E-state index contributed by atoms with van der Waals surface area (Å²) in [6, 6.07) is 0. The Morgan fingerprint density at radius 3 is 1.58 bits per heavy atom. The maximum atomic E-state index is 2.43. The van der Waals surface area contributed by atoms with Crippen LogP contribution in [0.5, 0.6) is 0 Å². The van der Waals surface area contributed by atoms with E-state index < -0.39 is 0 Å². The van der Waals surface area contributed by atoms with Crippen molar-refractivity contribution >= 4 is 23.5 Å². The van der Waals surface area contributed by atoms with E-state index in [1.165, 1.54) is 35.9 Å². The van der Waals surface area contributed by atoms with Crippen molar-refractivity contribution in [2.24, 2.45) is 10.8 Å². The van der Waals surface area contributed by atoms with E-state index in [0.29, 0.717) is 0 Å². The Morgan fingerprint density at radius 2 is 1.17 bits per heavy atom. The first-order chi connectivity index (χ1) is 5.87. The highest BCUT2D eigenvalue weighted by atomic mass is 32.2. The van der Waals surface area contributed by atoms with Crippen LogP contribution < -0.4 is 0 Å².